The molecule has 0 spiro atoms. The third kappa shape index (κ3) is 0.978. The van der Waals surface area contributed by atoms with Crippen LogP contribution in [0.4, 0.5) is 0 Å². The molecule has 3 heteroatoms. The molecule has 0 aliphatic carbocycles. The van der Waals surface area contributed by atoms with E-state index >= 15 is 0 Å². The minimum Gasteiger partial charge on any atom is -0.463 e. The molecule has 0 radical (unpaired) electrons. The Bertz CT molecular complexity index is 198. The van der Waals surface area contributed by atoms with Gasteiger partial charge in [-0.05, 0) is 12.2 Å². The second-order valence-corrected chi connectivity index (χ2v) is 1.80. The van der Waals surface area contributed by atoms with Gasteiger partial charge in [0.1, 0.15) is 0 Å². The lowest BCUT2D eigenvalue weighted by molar-refractivity contribution is -0.120. The zero-order chi connectivity index (χ0) is 7.45. The van der Waals surface area contributed by atoms with Crippen LogP contribution in [0, 0.1) is 0 Å². The summed E-state index contributed by atoms with van der Waals surface area (Å²) >= 11 is 0. The number of carbonyl (C=O) groups excluding carboxylic acids is 1. The van der Waals surface area contributed by atoms with E-state index in [4.69, 9.17) is 4.74 Å². The highest BCUT2D eigenvalue weighted by Gasteiger charge is 2.25. The van der Waals surface area contributed by atoms with Gasteiger partial charge in [0, 0.05) is 6.21 Å². The summed E-state index contributed by atoms with van der Waals surface area (Å²) in [7, 11) is 0. The summed E-state index contributed by atoms with van der Waals surface area (Å²) in [6.45, 7) is 3.42. The molecule has 1 heterocycles. The predicted octanol–water partition coefficient (Wildman–Crippen LogP) is 0.682. The van der Waals surface area contributed by atoms with Crippen molar-refractivity contribution in [1.82, 2.24) is 0 Å². The molecule has 0 bridgehead atoms. The van der Waals surface area contributed by atoms with Crippen LogP contribution in [0.5, 0.6) is 0 Å². The van der Waals surface area contributed by atoms with Crippen LogP contribution in [-0.4, -0.2) is 18.2 Å². The van der Waals surface area contributed by atoms with Gasteiger partial charge in [-0.1, -0.05) is 6.58 Å². The predicted molar refractivity (Wildman–Crippen MR) is 37.7 cm³/mol. The van der Waals surface area contributed by atoms with E-state index in [-0.39, 0.29) is 0 Å². The Balaban J connectivity index is 2.85. The Hall–Kier alpha value is -1.38. The number of hydrogen-bond donors (Lipinski definition) is 0. The summed E-state index contributed by atoms with van der Waals surface area (Å²) in [4.78, 5) is 14.1. The third-order valence-corrected chi connectivity index (χ3v) is 1.16. The number of allylic oxidation sites excluding steroid dienone is 1. The summed E-state index contributed by atoms with van der Waals surface area (Å²) in [5.41, 5.74) is -1.17. The SMILES string of the molecule is C=CC1(C=O)N=CC=CO1. The molecule has 10 heavy (non-hydrogen) atoms. The molecule has 0 aromatic heterocycles. The molecule has 1 atom stereocenters. The van der Waals surface area contributed by atoms with Crippen LogP contribution in [-0.2, 0) is 9.53 Å². The van der Waals surface area contributed by atoms with E-state index in [1.165, 1.54) is 18.6 Å². The van der Waals surface area contributed by atoms with Gasteiger partial charge in [-0.3, -0.25) is 4.79 Å². The first-order valence-corrected chi connectivity index (χ1v) is 2.81. The van der Waals surface area contributed by atoms with Crippen molar-refractivity contribution in [2.75, 3.05) is 0 Å². The average Bonchev–Trinajstić information content (AvgIpc) is 2.06. The fourth-order valence-corrected chi connectivity index (χ4v) is 0.581. The van der Waals surface area contributed by atoms with Crippen LogP contribution in [0.15, 0.2) is 30.0 Å². The third-order valence-electron chi connectivity index (χ3n) is 1.16. The first-order valence-electron chi connectivity index (χ1n) is 2.81. The topological polar surface area (TPSA) is 38.7 Å². The quantitative estimate of drug-likeness (QED) is 0.414. The number of ether oxygens (including phenoxy) is 1. The Kier molecular flexibility index (Phi) is 1.67. The van der Waals surface area contributed by atoms with Crippen LogP contribution < -0.4 is 0 Å². The maximum atomic E-state index is 10.4. The van der Waals surface area contributed by atoms with E-state index in [1.807, 2.05) is 0 Å². The number of aliphatic imine (C=N–C) groups is 1. The highest BCUT2D eigenvalue weighted by molar-refractivity contribution is 5.77. The van der Waals surface area contributed by atoms with Crippen LogP contribution in [0.3, 0.4) is 0 Å². The summed E-state index contributed by atoms with van der Waals surface area (Å²) in [5.74, 6) is 0. The van der Waals surface area contributed by atoms with Crippen molar-refractivity contribution >= 4 is 12.5 Å². The minimum absolute atomic E-state index is 0.597. The summed E-state index contributed by atoms with van der Waals surface area (Å²) in [6, 6.07) is 0. The molecule has 1 unspecified atom stereocenters. The second-order valence-electron chi connectivity index (χ2n) is 1.80. The molecule has 0 aromatic rings. The first kappa shape index (κ1) is 6.74. The lowest BCUT2D eigenvalue weighted by Gasteiger charge is -2.19. The zero-order valence-electron chi connectivity index (χ0n) is 5.36. The van der Waals surface area contributed by atoms with E-state index in [0.29, 0.717) is 6.29 Å². The smallest absolute Gasteiger partial charge is 0.274 e. The van der Waals surface area contributed by atoms with Gasteiger partial charge in [0.2, 0.25) is 0 Å². The first-order chi connectivity index (χ1) is 4.83. The Morgan fingerprint density at radius 3 is 2.80 bits per heavy atom. The van der Waals surface area contributed by atoms with E-state index in [2.05, 4.69) is 11.6 Å². The molecule has 0 aromatic carbocycles. The molecular formula is C7H7NO2. The van der Waals surface area contributed by atoms with Gasteiger partial charge in [-0.15, -0.1) is 0 Å². The minimum atomic E-state index is -1.17. The number of hydrogen-bond acceptors (Lipinski definition) is 3. The molecular weight excluding hydrogens is 130 g/mol. The fourth-order valence-electron chi connectivity index (χ4n) is 0.581. The van der Waals surface area contributed by atoms with Gasteiger partial charge in [-0.2, -0.15) is 0 Å². The number of nitrogens with zero attached hydrogens (tertiary/aromatic N) is 1. The molecule has 1 aliphatic rings. The van der Waals surface area contributed by atoms with Gasteiger partial charge < -0.3 is 4.74 Å². The van der Waals surface area contributed by atoms with Gasteiger partial charge >= 0.3 is 0 Å². The normalized spacial score (nSPS) is 29.2. The maximum absolute atomic E-state index is 10.4. The summed E-state index contributed by atoms with van der Waals surface area (Å²) in [5, 5.41) is 0. The molecule has 0 N–H and O–H groups in total. The lowest BCUT2D eigenvalue weighted by Crippen LogP contribution is -2.28. The summed E-state index contributed by atoms with van der Waals surface area (Å²) in [6.07, 6.45) is 6.45. The van der Waals surface area contributed by atoms with Crippen molar-refractivity contribution in [1.29, 1.82) is 0 Å². The molecule has 0 fully saturated rings. The van der Waals surface area contributed by atoms with Crippen LogP contribution >= 0.6 is 0 Å². The summed E-state index contributed by atoms with van der Waals surface area (Å²) < 4.78 is 4.90. The highest BCUT2D eigenvalue weighted by Crippen LogP contribution is 2.13. The molecule has 3 nitrogen and oxygen atoms in total. The van der Waals surface area contributed by atoms with Crippen molar-refractivity contribution in [3.63, 3.8) is 0 Å². The van der Waals surface area contributed by atoms with Crippen molar-refractivity contribution in [2.24, 2.45) is 4.99 Å². The van der Waals surface area contributed by atoms with Crippen LogP contribution in [0.1, 0.15) is 0 Å². The van der Waals surface area contributed by atoms with E-state index in [1.54, 1.807) is 6.08 Å². The van der Waals surface area contributed by atoms with Crippen LogP contribution in [0.25, 0.3) is 0 Å². The highest BCUT2D eigenvalue weighted by atomic mass is 16.5. The van der Waals surface area contributed by atoms with Crippen molar-refractivity contribution < 1.29 is 9.53 Å². The maximum Gasteiger partial charge on any atom is 0.274 e. The molecule has 0 saturated carbocycles. The fraction of sp³-hybridized carbons (Fsp3) is 0.143. The number of rotatable bonds is 2. The zero-order valence-corrected chi connectivity index (χ0v) is 5.36. The number of carbonyl (C=O) groups is 1. The van der Waals surface area contributed by atoms with Gasteiger partial charge in [0.15, 0.2) is 6.29 Å². The molecule has 1 rings (SSSR count). The van der Waals surface area contributed by atoms with E-state index < -0.39 is 5.72 Å². The molecule has 0 saturated heterocycles. The second kappa shape index (κ2) is 2.47. The van der Waals surface area contributed by atoms with Crippen molar-refractivity contribution in [3.8, 4) is 0 Å². The Morgan fingerprint density at radius 1 is 1.70 bits per heavy atom. The molecule has 0 amide bonds. The molecule has 1 aliphatic heterocycles. The van der Waals surface area contributed by atoms with Crippen molar-refractivity contribution in [3.05, 3.63) is 25.0 Å². The monoisotopic (exact) mass is 137 g/mol. The van der Waals surface area contributed by atoms with E-state index in [9.17, 15) is 4.79 Å². The average molecular weight is 137 g/mol. The Labute approximate surface area is 58.7 Å². The van der Waals surface area contributed by atoms with Crippen molar-refractivity contribution in [2.45, 2.75) is 5.72 Å². The number of aldehydes is 1. The largest absolute Gasteiger partial charge is 0.463 e. The van der Waals surface area contributed by atoms with Gasteiger partial charge in [-0.25, -0.2) is 4.99 Å². The Morgan fingerprint density at radius 2 is 2.50 bits per heavy atom. The molecule has 52 valence electrons. The van der Waals surface area contributed by atoms with Gasteiger partial charge in [0.05, 0.1) is 6.26 Å². The van der Waals surface area contributed by atoms with E-state index in [0.717, 1.165) is 0 Å². The van der Waals surface area contributed by atoms with Crippen LogP contribution in [0.2, 0.25) is 0 Å². The lowest BCUT2D eigenvalue weighted by atomic mass is 10.2. The standard InChI is InChI=1S/C7H7NO2/c1-2-7(6-9)8-4-3-5-10-7/h2-6H,1H2. The van der Waals surface area contributed by atoms with Gasteiger partial charge in [0.25, 0.3) is 5.72 Å².